The van der Waals surface area contributed by atoms with Crippen molar-refractivity contribution in [2.45, 2.75) is 25.9 Å². The lowest BCUT2D eigenvalue weighted by Crippen LogP contribution is -2.07. The van der Waals surface area contributed by atoms with Gasteiger partial charge in [0.15, 0.2) is 0 Å². The first kappa shape index (κ1) is 20.4. The lowest BCUT2D eigenvalue weighted by Gasteiger charge is -2.12. The van der Waals surface area contributed by atoms with Gasteiger partial charge in [0.25, 0.3) is 5.89 Å². The maximum Gasteiger partial charge on any atom is 0.419 e. The highest BCUT2D eigenvalue weighted by Crippen LogP contribution is 2.38. The quantitative estimate of drug-likeness (QED) is 0.636. The van der Waals surface area contributed by atoms with Gasteiger partial charge in [0.1, 0.15) is 5.75 Å². The van der Waals surface area contributed by atoms with Gasteiger partial charge in [-0.1, -0.05) is 23.4 Å². The zero-order valence-corrected chi connectivity index (χ0v) is 15.6. The predicted octanol–water partition coefficient (Wildman–Crippen LogP) is 4.76. The molecule has 0 aliphatic heterocycles. The number of methoxy groups -OCH3 is 1. The molecule has 152 valence electrons. The summed E-state index contributed by atoms with van der Waals surface area (Å²) in [6.07, 6.45) is -4.18. The van der Waals surface area contributed by atoms with Crippen LogP contribution in [0.1, 0.15) is 23.1 Å². The Labute approximate surface area is 163 Å². The molecule has 0 radical (unpaired) electrons. The van der Waals surface area contributed by atoms with Crippen LogP contribution in [0, 0.1) is 6.92 Å². The first-order chi connectivity index (χ1) is 13.7. The van der Waals surface area contributed by atoms with Gasteiger partial charge >= 0.3 is 12.1 Å². The number of hydrogen-bond donors (Lipinski definition) is 1. The second-order valence-electron chi connectivity index (χ2n) is 6.38. The Kier molecular flexibility index (Phi) is 5.58. The molecule has 0 amide bonds. The van der Waals surface area contributed by atoms with Crippen LogP contribution in [0.2, 0.25) is 0 Å². The molecule has 1 aromatic heterocycles. The topological polar surface area (TPSA) is 85.5 Å². The highest BCUT2D eigenvalue weighted by Gasteiger charge is 2.35. The number of ether oxygens (including phenoxy) is 1. The Morgan fingerprint density at radius 2 is 1.97 bits per heavy atom. The number of carboxylic acid groups (broad SMARTS) is 1. The van der Waals surface area contributed by atoms with E-state index in [0.29, 0.717) is 12.0 Å². The molecule has 6 nitrogen and oxygen atoms in total. The van der Waals surface area contributed by atoms with E-state index in [0.717, 1.165) is 24.3 Å². The van der Waals surface area contributed by atoms with Crippen LogP contribution >= 0.6 is 0 Å². The number of halogens is 3. The summed E-state index contributed by atoms with van der Waals surface area (Å²) in [5, 5.41) is 12.6. The van der Waals surface area contributed by atoms with E-state index in [2.05, 4.69) is 10.1 Å². The SMILES string of the molecule is COc1ccc(-c2nc(-c3ccc(CCC(=O)O)cc3C)no2)cc1C(F)(F)F. The molecule has 0 atom stereocenters. The monoisotopic (exact) mass is 406 g/mol. The molecule has 0 aliphatic rings. The molecule has 1 heterocycles. The Hall–Kier alpha value is -3.36. The van der Waals surface area contributed by atoms with E-state index >= 15 is 0 Å². The lowest BCUT2D eigenvalue weighted by atomic mass is 10.0. The van der Waals surface area contributed by atoms with Gasteiger partial charge in [-0.25, -0.2) is 0 Å². The number of alkyl halides is 3. The maximum atomic E-state index is 13.2. The highest BCUT2D eigenvalue weighted by molar-refractivity contribution is 5.67. The third-order valence-corrected chi connectivity index (χ3v) is 4.34. The van der Waals surface area contributed by atoms with Crippen molar-refractivity contribution in [3.8, 4) is 28.6 Å². The molecule has 0 saturated heterocycles. The number of carbonyl (C=O) groups is 1. The molecule has 0 fully saturated rings. The average Bonchev–Trinajstić information content (AvgIpc) is 3.15. The molecular weight excluding hydrogens is 389 g/mol. The molecule has 3 rings (SSSR count). The third-order valence-electron chi connectivity index (χ3n) is 4.34. The van der Waals surface area contributed by atoms with Crippen molar-refractivity contribution in [1.82, 2.24) is 10.1 Å². The van der Waals surface area contributed by atoms with Crippen molar-refractivity contribution in [3.63, 3.8) is 0 Å². The Morgan fingerprint density at radius 1 is 1.21 bits per heavy atom. The molecule has 0 aliphatic carbocycles. The van der Waals surface area contributed by atoms with E-state index in [9.17, 15) is 18.0 Å². The van der Waals surface area contributed by atoms with Crippen molar-refractivity contribution in [3.05, 3.63) is 53.1 Å². The fourth-order valence-electron chi connectivity index (χ4n) is 2.90. The van der Waals surface area contributed by atoms with Crippen LogP contribution in [-0.2, 0) is 17.4 Å². The summed E-state index contributed by atoms with van der Waals surface area (Å²) in [5.74, 6) is -1.00. The van der Waals surface area contributed by atoms with E-state index < -0.39 is 17.7 Å². The van der Waals surface area contributed by atoms with Gasteiger partial charge in [-0.05, 0) is 42.7 Å². The fraction of sp³-hybridized carbons (Fsp3) is 0.250. The van der Waals surface area contributed by atoms with Crippen molar-refractivity contribution in [1.29, 1.82) is 0 Å². The van der Waals surface area contributed by atoms with Crippen LogP contribution in [0.15, 0.2) is 40.9 Å². The van der Waals surface area contributed by atoms with Crippen LogP contribution in [0.25, 0.3) is 22.8 Å². The number of benzene rings is 2. The number of carboxylic acids is 1. The number of aryl methyl sites for hydroxylation is 2. The van der Waals surface area contributed by atoms with Gasteiger partial charge in [0, 0.05) is 17.5 Å². The van der Waals surface area contributed by atoms with Crippen LogP contribution in [0.3, 0.4) is 0 Å². The molecule has 9 heteroatoms. The Balaban J connectivity index is 1.91. The second-order valence-corrected chi connectivity index (χ2v) is 6.38. The minimum absolute atomic E-state index is 0.0180. The van der Waals surface area contributed by atoms with Gasteiger partial charge in [0.05, 0.1) is 12.7 Å². The first-order valence-electron chi connectivity index (χ1n) is 8.60. The number of hydrogen-bond acceptors (Lipinski definition) is 5. The Bertz CT molecular complexity index is 1040. The van der Waals surface area contributed by atoms with E-state index in [1.165, 1.54) is 12.1 Å². The summed E-state index contributed by atoms with van der Waals surface area (Å²) >= 11 is 0. The lowest BCUT2D eigenvalue weighted by molar-refractivity contribution is -0.139. The summed E-state index contributed by atoms with van der Waals surface area (Å²) in [7, 11) is 1.16. The third kappa shape index (κ3) is 4.56. The van der Waals surface area contributed by atoms with Gasteiger partial charge in [-0.3, -0.25) is 4.79 Å². The van der Waals surface area contributed by atoms with Crippen LogP contribution < -0.4 is 4.74 Å². The summed E-state index contributed by atoms with van der Waals surface area (Å²) < 4.78 is 49.6. The summed E-state index contributed by atoms with van der Waals surface area (Å²) in [6, 6.07) is 8.83. The predicted molar refractivity (Wildman–Crippen MR) is 97.4 cm³/mol. The number of aromatic nitrogens is 2. The zero-order chi connectivity index (χ0) is 21.2. The smallest absolute Gasteiger partial charge is 0.419 e. The molecule has 2 aromatic carbocycles. The number of aliphatic carboxylic acids is 1. The number of rotatable bonds is 6. The minimum Gasteiger partial charge on any atom is -0.496 e. The molecule has 3 aromatic rings. The van der Waals surface area contributed by atoms with Gasteiger partial charge in [0.2, 0.25) is 5.82 Å². The standard InChI is InChI=1S/C20H17F3N2O4/c1-11-9-12(4-8-17(26)27)3-6-14(11)18-24-19(29-25-18)13-5-7-16(28-2)15(10-13)20(21,22)23/h3,5-7,9-10H,4,8H2,1-2H3,(H,26,27). The molecule has 0 spiro atoms. The van der Waals surface area contributed by atoms with Crippen LogP contribution in [0.4, 0.5) is 13.2 Å². The molecule has 0 saturated carbocycles. The minimum atomic E-state index is -4.59. The van der Waals surface area contributed by atoms with Crippen LogP contribution in [0.5, 0.6) is 5.75 Å². The van der Waals surface area contributed by atoms with Crippen molar-refractivity contribution < 1.29 is 32.3 Å². The Morgan fingerprint density at radius 3 is 2.59 bits per heavy atom. The first-order valence-corrected chi connectivity index (χ1v) is 8.60. The molecule has 1 N–H and O–H groups in total. The average molecular weight is 406 g/mol. The highest BCUT2D eigenvalue weighted by atomic mass is 19.4. The van der Waals surface area contributed by atoms with Gasteiger partial charge in [-0.15, -0.1) is 0 Å². The summed E-state index contributed by atoms with van der Waals surface area (Å²) in [6.45, 7) is 1.81. The van der Waals surface area contributed by atoms with E-state index in [1.54, 1.807) is 12.1 Å². The van der Waals surface area contributed by atoms with E-state index in [-0.39, 0.29) is 29.4 Å². The van der Waals surface area contributed by atoms with Crippen molar-refractivity contribution in [2.75, 3.05) is 7.11 Å². The maximum absolute atomic E-state index is 13.2. The zero-order valence-electron chi connectivity index (χ0n) is 15.6. The van der Waals surface area contributed by atoms with Crippen LogP contribution in [-0.4, -0.2) is 28.3 Å². The molecule has 29 heavy (non-hydrogen) atoms. The number of nitrogens with zero attached hydrogens (tertiary/aromatic N) is 2. The van der Waals surface area contributed by atoms with Crippen molar-refractivity contribution >= 4 is 5.97 Å². The summed E-state index contributed by atoms with van der Waals surface area (Å²) in [4.78, 5) is 14.9. The molecule has 0 bridgehead atoms. The molecular formula is C20H17F3N2O4. The fourth-order valence-corrected chi connectivity index (χ4v) is 2.90. The van der Waals surface area contributed by atoms with E-state index in [4.69, 9.17) is 14.4 Å². The van der Waals surface area contributed by atoms with E-state index in [1.807, 2.05) is 13.0 Å². The normalized spacial score (nSPS) is 11.5. The molecule has 0 unspecified atom stereocenters. The summed E-state index contributed by atoms with van der Waals surface area (Å²) in [5.41, 5.74) is 1.47. The second kappa shape index (κ2) is 7.94. The largest absolute Gasteiger partial charge is 0.496 e. The van der Waals surface area contributed by atoms with Gasteiger partial charge < -0.3 is 14.4 Å². The van der Waals surface area contributed by atoms with Crippen molar-refractivity contribution in [2.24, 2.45) is 0 Å². The van der Waals surface area contributed by atoms with Gasteiger partial charge in [-0.2, -0.15) is 18.2 Å².